The Morgan fingerprint density at radius 1 is 1.08 bits per heavy atom. The van der Waals surface area contributed by atoms with Crippen molar-refractivity contribution >= 4 is 0 Å². The van der Waals surface area contributed by atoms with Gasteiger partial charge >= 0.3 is 0 Å². The van der Waals surface area contributed by atoms with Crippen LogP contribution in [0.4, 0.5) is 0 Å². The highest BCUT2D eigenvalue weighted by Gasteiger charge is 1.98. The second kappa shape index (κ2) is 8.32. The number of ether oxygens (including phenoxy) is 1. The van der Waals surface area contributed by atoms with Crippen LogP contribution in [0.5, 0.6) is 0 Å². The third kappa shape index (κ3) is 9.64. The van der Waals surface area contributed by atoms with Gasteiger partial charge in [0.05, 0.1) is 13.7 Å². The molecule has 0 heterocycles. The fourth-order valence-electron chi connectivity index (χ4n) is 0.598. The van der Waals surface area contributed by atoms with Crippen LogP contribution in [-0.2, 0) is 14.4 Å². The van der Waals surface area contributed by atoms with E-state index in [1.165, 1.54) is 14.2 Å². The molecule has 0 saturated carbocycles. The quantitative estimate of drug-likeness (QED) is 0.317. The van der Waals surface area contributed by atoms with Crippen molar-refractivity contribution in [3.63, 3.8) is 0 Å². The molecule has 7 heteroatoms. The van der Waals surface area contributed by atoms with E-state index >= 15 is 0 Å². The largest absolute Gasteiger partial charge is 0.600 e. The van der Waals surface area contributed by atoms with Crippen LogP contribution in [0.3, 0.4) is 0 Å². The number of hydrogen-bond acceptors (Lipinski definition) is 5. The maximum absolute atomic E-state index is 10.8. The lowest BCUT2D eigenvalue weighted by Crippen LogP contribution is -3.07. The van der Waals surface area contributed by atoms with Crippen molar-refractivity contribution in [2.24, 2.45) is 0 Å². The van der Waals surface area contributed by atoms with Gasteiger partial charge in [0.1, 0.15) is 19.8 Å². The minimum atomic E-state index is -0.382. The topological polar surface area (TPSA) is 82.7 Å². The number of methoxy groups -OCH3 is 1. The molecule has 80 valence electrons. The summed E-state index contributed by atoms with van der Waals surface area (Å²) in [7, 11) is 2.80. The second-order valence-corrected chi connectivity index (χ2v) is 2.30. The summed E-state index contributed by atoms with van der Waals surface area (Å²) in [5.41, 5.74) is 0. The van der Waals surface area contributed by atoms with Gasteiger partial charge in [-0.1, -0.05) is 0 Å². The summed E-state index contributed by atoms with van der Waals surface area (Å²) in [5, 5.41) is 20.3. The molecule has 0 saturated heterocycles. The van der Waals surface area contributed by atoms with E-state index in [4.69, 9.17) is 4.84 Å². The fourth-order valence-corrected chi connectivity index (χ4v) is 0.598. The molecule has 7 nitrogen and oxygen atoms in total. The summed E-state index contributed by atoms with van der Waals surface area (Å²) >= 11 is 0. The molecular weight excluding hydrogens is 180 g/mol. The van der Waals surface area contributed by atoms with Gasteiger partial charge in [-0.2, -0.15) is 0 Å². The van der Waals surface area contributed by atoms with E-state index in [0.717, 1.165) is 0 Å². The Labute approximate surface area is 76.8 Å². The smallest absolute Gasteiger partial charge is 0.136 e. The Balaban J connectivity index is 3.12. The summed E-state index contributed by atoms with van der Waals surface area (Å²) in [6.45, 7) is 0.763. The van der Waals surface area contributed by atoms with Gasteiger partial charge in [0.25, 0.3) is 0 Å². The van der Waals surface area contributed by atoms with Crippen LogP contribution >= 0.6 is 0 Å². The molecule has 0 rings (SSSR count). The number of rotatable bonds is 8. The van der Waals surface area contributed by atoms with E-state index in [-0.39, 0.29) is 30.2 Å². The average molecular weight is 196 g/mol. The SMILES string of the molecule is COCC[NH+]([O-])OCCO[NH+](C)[O-]. The minimum Gasteiger partial charge on any atom is -0.600 e. The van der Waals surface area contributed by atoms with Gasteiger partial charge in [-0.3, -0.25) is 0 Å². The fraction of sp³-hybridized carbons (Fsp3) is 1.00. The zero-order chi connectivity index (χ0) is 10.1. The van der Waals surface area contributed by atoms with Gasteiger partial charge in [0.15, 0.2) is 0 Å². The number of nitrogens with one attached hydrogen (secondary N) is 2. The van der Waals surface area contributed by atoms with Gasteiger partial charge in [-0.15, -0.1) is 0 Å². The maximum Gasteiger partial charge on any atom is 0.136 e. The lowest BCUT2D eigenvalue weighted by molar-refractivity contribution is -1.06. The zero-order valence-electron chi connectivity index (χ0n) is 7.87. The molecule has 0 spiro atoms. The van der Waals surface area contributed by atoms with Crippen molar-refractivity contribution in [3.8, 4) is 0 Å². The predicted molar refractivity (Wildman–Crippen MR) is 43.2 cm³/mol. The Hall–Kier alpha value is -0.280. The number of hydroxylamine groups is 4. The minimum absolute atomic E-state index is 0.0993. The van der Waals surface area contributed by atoms with Crippen molar-refractivity contribution in [2.75, 3.05) is 40.5 Å². The molecule has 2 unspecified atom stereocenters. The van der Waals surface area contributed by atoms with Crippen LogP contribution in [0.15, 0.2) is 0 Å². The maximum atomic E-state index is 10.8. The predicted octanol–water partition coefficient (Wildman–Crippen LogP) is -3.11. The molecule has 0 aromatic heterocycles. The molecule has 0 fully saturated rings. The highest BCUT2D eigenvalue weighted by atomic mass is 16.9. The van der Waals surface area contributed by atoms with Crippen LogP contribution in [-0.4, -0.2) is 40.5 Å². The monoisotopic (exact) mass is 196 g/mol. The van der Waals surface area contributed by atoms with Crippen LogP contribution < -0.4 is 10.5 Å². The zero-order valence-corrected chi connectivity index (χ0v) is 7.87. The lowest BCUT2D eigenvalue weighted by atomic mass is 10.7. The van der Waals surface area contributed by atoms with Crippen molar-refractivity contribution in [3.05, 3.63) is 10.4 Å². The Morgan fingerprint density at radius 2 is 1.69 bits per heavy atom. The average Bonchev–Trinajstić information content (AvgIpc) is 2.08. The lowest BCUT2D eigenvalue weighted by Gasteiger charge is -2.19. The van der Waals surface area contributed by atoms with E-state index in [9.17, 15) is 10.4 Å². The molecule has 0 aliphatic heterocycles. The molecule has 0 aromatic carbocycles. The van der Waals surface area contributed by atoms with E-state index in [1.54, 1.807) is 0 Å². The summed E-state index contributed by atoms with van der Waals surface area (Å²) < 4.78 is 4.67. The van der Waals surface area contributed by atoms with E-state index in [1.807, 2.05) is 0 Å². The van der Waals surface area contributed by atoms with Gasteiger partial charge in [-0.25, -0.2) is 20.1 Å². The van der Waals surface area contributed by atoms with E-state index in [0.29, 0.717) is 6.61 Å². The van der Waals surface area contributed by atoms with Crippen molar-refractivity contribution in [1.82, 2.24) is 0 Å². The highest BCUT2D eigenvalue weighted by Crippen LogP contribution is 1.64. The Bertz CT molecular complexity index is 113. The van der Waals surface area contributed by atoms with Gasteiger partial charge in [-0.05, 0) is 0 Å². The molecular formula is C6H16N2O5. The summed E-state index contributed by atoms with van der Waals surface area (Å²) in [5.74, 6) is 0. The molecule has 13 heavy (non-hydrogen) atoms. The van der Waals surface area contributed by atoms with Gasteiger partial charge < -0.3 is 15.2 Å². The first-order chi connectivity index (χ1) is 6.16. The van der Waals surface area contributed by atoms with E-state index in [2.05, 4.69) is 9.57 Å². The van der Waals surface area contributed by atoms with Gasteiger partial charge in [0, 0.05) is 7.11 Å². The molecule has 0 bridgehead atoms. The van der Waals surface area contributed by atoms with Crippen molar-refractivity contribution in [2.45, 2.75) is 0 Å². The number of quaternary nitrogens is 2. The molecule has 2 N–H and O–H groups in total. The third-order valence-electron chi connectivity index (χ3n) is 1.16. The van der Waals surface area contributed by atoms with Crippen LogP contribution in [0.1, 0.15) is 0 Å². The molecule has 0 aliphatic rings. The Morgan fingerprint density at radius 3 is 2.23 bits per heavy atom. The molecule has 0 amide bonds. The Kier molecular flexibility index (Phi) is 8.14. The molecule has 0 aliphatic carbocycles. The van der Waals surface area contributed by atoms with Crippen LogP contribution in [0, 0.1) is 10.4 Å². The highest BCUT2D eigenvalue weighted by molar-refractivity contribution is 4.20. The molecule has 0 aromatic rings. The first kappa shape index (κ1) is 12.7. The van der Waals surface area contributed by atoms with Crippen LogP contribution in [0.2, 0.25) is 0 Å². The molecule has 2 atom stereocenters. The third-order valence-corrected chi connectivity index (χ3v) is 1.16. The van der Waals surface area contributed by atoms with Crippen molar-refractivity contribution < 1.29 is 24.9 Å². The number of hydrogen-bond donors (Lipinski definition) is 2. The standard InChI is InChI=1S/C6H16N2O5/c1-7(9)12-5-6-13-8(10)3-4-11-2/h7-8H,3-6H2,1-2H3. The first-order valence-corrected chi connectivity index (χ1v) is 3.94. The van der Waals surface area contributed by atoms with E-state index < -0.39 is 0 Å². The first-order valence-electron chi connectivity index (χ1n) is 3.94. The second-order valence-electron chi connectivity index (χ2n) is 2.30. The van der Waals surface area contributed by atoms with Gasteiger partial charge in [0.2, 0.25) is 0 Å². The summed E-state index contributed by atoms with van der Waals surface area (Å²) in [4.78, 5) is 9.25. The molecule has 0 radical (unpaired) electrons. The summed E-state index contributed by atoms with van der Waals surface area (Å²) in [6.07, 6.45) is 0. The van der Waals surface area contributed by atoms with Crippen molar-refractivity contribution in [1.29, 1.82) is 0 Å². The summed E-state index contributed by atoms with van der Waals surface area (Å²) in [6, 6.07) is 0. The van der Waals surface area contributed by atoms with Crippen LogP contribution in [0.25, 0.3) is 0 Å². The normalized spacial score (nSPS) is 15.7.